The van der Waals surface area contributed by atoms with Gasteiger partial charge in [0.05, 0.1) is 12.7 Å². The lowest BCUT2D eigenvalue weighted by atomic mass is 10.2. The second-order valence-electron chi connectivity index (χ2n) is 4.69. The maximum absolute atomic E-state index is 12.2. The molecule has 0 heterocycles. The van der Waals surface area contributed by atoms with Crippen molar-refractivity contribution in [1.82, 2.24) is 10.6 Å². The van der Waals surface area contributed by atoms with E-state index in [1.807, 2.05) is 24.5 Å². The summed E-state index contributed by atoms with van der Waals surface area (Å²) in [4.78, 5) is 13.4. The van der Waals surface area contributed by atoms with Gasteiger partial charge in [-0.05, 0) is 48.3 Å². The minimum atomic E-state index is -0.294. The highest BCUT2D eigenvalue weighted by molar-refractivity contribution is 7.98. The van der Waals surface area contributed by atoms with Crippen LogP contribution in [0, 0.1) is 0 Å². The van der Waals surface area contributed by atoms with Crippen LogP contribution in [-0.4, -0.2) is 24.4 Å². The molecule has 2 N–H and O–H groups in total. The number of benzene rings is 2. The first-order valence-corrected chi connectivity index (χ1v) is 8.62. The van der Waals surface area contributed by atoms with Crippen molar-refractivity contribution in [3.8, 4) is 5.75 Å². The zero-order valence-corrected chi connectivity index (χ0v) is 14.6. The van der Waals surface area contributed by atoms with Crippen molar-refractivity contribution >= 4 is 35.0 Å². The molecule has 0 unspecified atom stereocenters. The van der Waals surface area contributed by atoms with Crippen molar-refractivity contribution in [3.05, 3.63) is 59.7 Å². The molecule has 0 aliphatic rings. The summed E-state index contributed by atoms with van der Waals surface area (Å²) in [6, 6.07) is 15.2. The quantitative estimate of drug-likeness (QED) is 0.643. The molecule has 2 aromatic carbocycles. The van der Waals surface area contributed by atoms with E-state index < -0.39 is 0 Å². The van der Waals surface area contributed by atoms with Crippen molar-refractivity contribution < 1.29 is 9.53 Å². The van der Waals surface area contributed by atoms with Gasteiger partial charge in [-0.25, -0.2) is 0 Å². The number of nitrogens with one attached hydrogen (secondary N) is 2. The van der Waals surface area contributed by atoms with E-state index >= 15 is 0 Å². The molecule has 2 rings (SSSR count). The van der Waals surface area contributed by atoms with E-state index in [4.69, 9.17) is 17.0 Å². The van der Waals surface area contributed by atoms with Crippen LogP contribution >= 0.6 is 24.0 Å². The number of methoxy groups -OCH3 is 1. The summed E-state index contributed by atoms with van der Waals surface area (Å²) < 4.78 is 5.17. The molecule has 0 aliphatic carbocycles. The summed E-state index contributed by atoms with van der Waals surface area (Å²) in [6.45, 7) is 0.555. The average Bonchev–Trinajstić information content (AvgIpc) is 2.60. The molecule has 2 aromatic rings. The summed E-state index contributed by atoms with van der Waals surface area (Å²) in [5, 5.41) is 5.97. The lowest BCUT2D eigenvalue weighted by molar-refractivity contribution is 0.0973. The van der Waals surface area contributed by atoms with E-state index in [9.17, 15) is 4.79 Å². The first kappa shape index (κ1) is 17.3. The number of ether oxygens (including phenoxy) is 1. The SMILES string of the molecule is COc1ccccc1C(=O)NC(=S)NCc1ccc(SC)cc1. The molecule has 0 aromatic heterocycles. The number of amides is 1. The fraction of sp³-hybridized carbons (Fsp3) is 0.176. The molecule has 0 spiro atoms. The summed E-state index contributed by atoms with van der Waals surface area (Å²) in [5.74, 6) is 0.220. The third-order valence-corrected chi connectivity index (χ3v) is 4.18. The topological polar surface area (TPSA) is 50.4 Å². The fourth-order valence-electron chi connectivity index (χ4n) is 1.97. The Hall–Kier alpha value is -2.05. The number of carbonyl (C=O) groups is 1. The zero-order valence-electron chi connectivity index (χ0n) is 13.0. The van der Waals surface area contributed by atoms with E-state index in [-0.39, 0.29) is 11.0 Å². The third kappa shape index (κ3) is 4.97. The molecule has 120 valence electrons. The molecule has 0 saturated heterocycles. The van der Waals surface area contributed by atoms with Crippen LogP contribution in [0.1, 0.15) is 15.9 Å². The maximum atomic E-state index is 12.2. The van der Waals surface area contributed by atoms with Gasteiger partial charge in [-0.1, -0.05) is 24.3 Å². The number of hydrogen-bond acceptors (Lipinski definition) is 4. The average molecular weight is 346 g/mol. The summed E-state index contributed by atoms with van der Waals surface area (Å²) in [5.41, 5.74) is 1.54. The van der Waals surface area contributed by atoms with Crippen molar-refractivity contribution in [1.29, 1.82) is 0 Å². The molecule has 23 heavy (non-hydrogen) atoms. The van der Waals surface area contributed by atoms with Crippen LogP contribution < -0.4 is 15.4 Å². The molecule has 0 aliphatic heterocycles. The van der Waals surface area contributed by atoms with Gasteiger partial charge in [0.2, 0.25) is 0 Å². The molecule has 4 nitrogen and oxygen atoms in total. The van der Waals surface area contributed by atoms with Gasteiger partial charge in [0.15, 0.2) is 5.11 Å². The normalized spacial score (nSPS) is 10.0. The van der Waals surface area contributed by atoms with Crippen LogP contribution in [0.5, 0.6) is 5.75 Å². The lowest BCUT2D eigenvalue weighted by Gasteiger charge is -2.11. The van der Waals surface area contributed by atoms with Crippen molar-refractivity contribution in [2.75, 3.05) is 13.4 Å². The van der Waals surface area contributed by atoms with Crippen LogP contribution in [0.3, 0.4) is 0 Å². The highest BCUT2D eigenvalue weighted by Gasteiger charge is 2.12. The molecule has 0 atom stereocenters. The number of para-hydroxylation sites is 1. The Morgan fingerprint density at radius 1 is 1.17 bits per heavy atom. The van der Waals surface area contributed by atoms with Gasteiger partial charge in [-0.3, -0.25) is 10.1 Å². The Balaban J connectivity index is 1.90. The lowest BCUT2D eigenvalue weighted by Crippen LogP contribution is -2.38. The van der Waals surface area contributed by atoms with Crippen molar-refractivity contribution in [3.63, 3.8) is 0 Å². The Kier molecular flexibility index (Phi) is 6.43. The van der Waals surface area contributed by atoms with E-state index in [0.29, 0.717) is 17.9 Å². The highest BCUT2D eigenvalue weighted by atomic mass is 32.2. The van der Waals surface area contributed by atoms with Crippen molar-refractivity contribution in [2.24, 2.45) is 0 Å². The molecule has 1 amide bonds. The van der Waals surface area contributed by atoms with Crippen LogP contribution in [0.15, 0.2) is 53.4 Å². The standard InChI is InChI=1S/C17H18N2O2S2/c1-21-15-6-4-3-5-14(15)16(20)19-17(22)18-11-12-7-9-13(23-2)10-8-12/h3-10H,11H2,1-2H3,(H2,18,19,20,22). The number of carbonyl (C=O) groups excluding carboxylic acids is 1. The van der Waals surface area contributed by atoms with Gasteiger partial charge in [-0.2, -0.15) is 0 Å². The zero-order chi connectivity index (χ0) is 16.7. The van der Waals surface area contributed by atoms with Crippen LogP contribution in [0.4, 0.5) is 0 Å². The molecule has 0 saturated carbocycles. The predicted molar refractivity (Wildman–Crippen MR) is 98.1 cm³/mol. The van der Waals surface area contributed by atoms with Crippen LogP contribution in [0.2, 0.25) is 0 Å². The number of thiocarbonyl (C=S) groups is 1. The highest BCUT2D eigenvalue weighted by Crippen LogP contribution is 2.17. The maximum Gasteiger partial charge on any atom is 0.261 e. The van der Waals surface area contributed by atoms with E-state index in [1.54, 1.807) is 30.0 Å². The first-order valence-electron chi connectivity index (χ1n) is 6.99. The monoisotopic (exact) mass is 346 g/mol. The molecule has 0 fully saturated rings. The Bertz CT molecular complexity index is 687. The second kappa shape index (κ2) is 8.55. The smallest absolute Gasteiger partial charge is 0.261 e. The fourth-order valence-corrected chi connectivity index (χ4v) is 2.55. The minimum absolute atomic E-state index is 0.287. The Morgan fingerprint density at radius 3 is 2.52 bits per heavy atom. The summed E-state index contributed by atoms with van der Waals surface area (Å²) in [6.07, 6.45) is 2.04. The van der Waals surface area contributed by atoms with E-state index in [1.165, 1.54) is 12.0 Å². The Labute approximate surface area is 145 Å². The van der Waals surface area contributed by atoms with Gasteiger partial charge in [0, 0.05) is 11.4 Å². The van der Waals surface area contributed by atoms with Crippen LogP contribution in [-0.2, 0) is 6.54 Å². The van der Waals surface area contributed by atoms with Gasteiger partial charge in [-0.15, -0.1) is 11.8 Å². The molecular formula is C17H18N2O2S2. The van der Waals surface area contributed by atoms with Crippen LogP contribution in [0.25, 0.3) is 0 Å². The van der Waals surface area contributed by atoms with E-state index in [2.05, 4.69) is 22.8 Å². The van der Waals surface area contributed by atoms with Gasteiger partial charge in [0.25, 0.3) is 5.91 Å². The first-order chi connectivity index (χ1) is 11.1. The molecular weight excluding hydrogens is 328 g/mol. The predicted octanol–water partition coefficient (Wildman–Crippen LogP) is 3.22. The summed E-state index contributed by atoms with van der Waals surface area (Å²) >= 11 is 6.87. The number of hydrogen-bond donors (Lipinski definition) is 2. The van der Waals surface area contributed by atoms with Gasteiger partial charge in [0.1, 0.15) is 5.75 Å². The minimum Gasteiger partial charge on any atom is -0.496 e. The summed E-state index contributed by atoms with van der Waals surface area (Å²) in [7, 11) is 1.53. The number of thioether (sulfide) groups is 1. The van der Waals surface area contributed by atoms with E-state index in [0.717, 1.165) is 5.56 Å². The molecule has 0 bridgehead atoms. The van der Waals surface area contributed by atoms with Gasteiger partial charge < -0.3 is 10.1 Å². The van der Waals surface area contributed by atoms with Crippen molar-refractivity contribution in [2.45, 2.75) is 11.4 Å². The Morgan fingerprint density at radius 2 is 1.87 bits per heavy atom. The number of rotatable bonds is 5. The molecule has 6 heteroatoms. The second-order valence-corrected chi connectivity index (χ2v) is 5.97. The van der Waals surface area contributed by atoms with Gasteiger partial charge >= 0.3 is 0 Å². The largest absolute Gasteiger partial charge is 0.496 e. The third-order valence-electron chi connectivity index (χ3n) is 3.19. The molecule has 0 radical (unpaired) electrons.